The zero-order chi connectivity index (χ0) is 13.2. The molecular weight excluding hydrogens is 242 g/mol. The zero-order valence-electron chi connectivity index (χ0n) is 11.7. The minimum absolute atomic E-state index is 0.724. The molecule has 1 N–H and O–H groups in total. The number of ether oxygens (including phenoxy) is 1. The standard InChI is InChI=1S/C15H25NOS/c1-4-18-10-9-14(12-16-2)11-13-5-7-15(17-3)8-6-13/h5-8,14,16H,4,9-12H2,1-3H3. The summed E-state index contributed by atoms with van der Waals surface area (Å²) in [6.45, 7) is 3.32. The number of methoxy groups -OCH3 is 1. The van der Waals surface area contributed by atoms with Crippen molar-refractivity contribution in [1.82, 2.24) is 5.32 Å². The fraction of sp³-hybridized carbons (Fsp3) is 0.600. The lowest BCUT2D eigenvalue weighted by Gasteiger charge is -2.16. The molecule has 1 unspecified atom stereocenters. The molecule has 1 aromatic rings. The third-order valence-electron chi connectivity index (χ3n) is 3.05. The average molecular weight is 267 g/mol. The number of benzene rings is 1. The lowest BCUT2D eigenvalue weighted by Crippen LogP contribution is -2.21. The van der Waals surface area contributed by atoms with Crippen molar-refractivity contribution < 1.29 is 4.74 Å². The summed E-state index contributed by atoms with van der Waals surface area (Å²) in [6, 6.07) is 8.45. The highest BCUT2D eigenvalue weighted by Gasteiger charge is 2.09. The fourth-order valence-corrected chi connectivity index (χ4v) is 2.84. The number of nitrogens with one attached hydrogen (secondary N) is 1. The number of thioether (sulfide) groups is 1. The van der Waals surface area contributed by atoms with E-state index < -0.39 is 0 Å². The molecular formula is C15H25NOS. The second-order valence-electron chi connectivity index (χ2n) is 4.46. The van der Waals surface area contributed by atoms with Crippen molar-refractivity contribution in [2.45, 2.75) is 19.8 Å². The van der Waals surface area contributed by atoms with E-state index in [-0.39, 0.29) is 0 Å². The van der Waals surface area contributed by atoms with Crippen LogP contribution in [0.4, 0.5) is 0 Å². The molecule has 0 heterocycles. The molecule has 0 bridgehead atoms. The van der Waals surface area contributed by atoms with E-state index in [0.717, 1.165) is 24.6 Å². The highest BCUT2D eigenvalue weighted by molar-refractivity contribution is 7.99. The first-order valence-electron chi connectivity index (χ1n) is 6.65. The van der Waals surface area contributed by atoms with Gasteiger partial charge in [-0.2, -0.15) is 11.8 Å². The molecule has 102 valence electrons. The van der Waals surface area contributed by atoms with Gasteiger partial charge in [0.25, 0.3) is 0 Å². The Morgan fingerprint density at radius 3 is 2.56 bits per heavy atom. The Bertz CT molecular complexity index is 313. The summed E-state index contributed by atoms with van der Waals surface area (Å²) < 4.78 is 5.19. The molecule has 3 heteroatoms. The molecule has 2 nitrogen and oxygen atoms in total. The molecule has 0 saturated carbocycles. The minimum Gasteiger partial charge on any atom is -0.497 e. The molecule has 0 aliphatic heterocycles. The van der Waals surface area contributed by atoms with Gasteiger partial charge in [-0.25, -0.2) is 0 Å². The van der Waals surface area contributed by atoms with Crippen LogP contribution in [0.2, 0.25) is 0 Å². The first-order chi connectivity index (χ1) is 8.80. The average Bonchev–Trinajstić information content (AvgIpc) is 2.40. The third-order valence-corrected chi connectivity index (χ3v) is 3.98. The Morgan fingerprint density at radius 1 is 1.28 bits per heavy atom. The Morgan fingerprint density at radius 2 is 2.00 bits per heavy atom. The smallest absolute Gasteiger partial charge is 0.118 e. The molecule has 1 aromatic carbocycles. The maximum Gasteiger partial charge on any atom is 0.118 e. The van der Waals surface area contributed by atoms with Crippen LogP contribution in [0.1, 0.15) is 18.9 Å². The van der Waals surface area contributed by atoms with Gasteiger partial charge in [0.2, 0.25) is 0 Å². The highest BCUT2D eigenvalue weighted by Crippen LogP contribution is 2.17. The molecule has 0 aromatic heterocycles. The van der Waals surface area contributed by atoms with Crippen molar-refractivity contribution in [3.05, 3.63) is 29.8 Å². The van der Waals surface area contributed by atoms with Crippen LogP contribution >= 0.6 is 11.8 Å². The van der Waals surface area contributed by atoms with Gasteiger partial charge in [0.1, 0.15) is 5.75 Å². The first-order valence-corrected chi connectivity index (χ1v) is 7.80. The van der Waals surface area contributed by atoms with Crippen LogP contribution in [0.5, 0.6) is 5.75 Å². The van der Waals surface area contributed by atoms with Crippen LogP contribution in [0.3, 0.4) is 0 Å². The molecule has 0 amide bonds. The van der Waals surface area contributed by atoms with Gasteiger partial charge < -0.3 is 10.1 Å². The molecule has 1 rings (SSSR count). The van der Waals surface area contributed by atoms with Gasteiger partial charge in [0.15, 0.2) is 0 Å². The lowest BCUT2D eigenvalue weighted by atomic mass is 9.97. The second kappa shape index (κ2) is 9.29. The van der Waals surface area contributed by atoms with Gasteiger partial charge in [0.05, 0.1) is 7.11 Å². The number of rotatable bonds is 9. The Kier molecular flexibility index (Phi) is 7.94. The summed E-state index contributed by atoms with van der Waals surface area (Å²) in [5.74, 6) is 4.14. The maximum atomic E-state index is 5.19. The van der Waals surface area contributed by atoms with E-state index in [9.17, 15) is 0 Å². The molecule has 0 aliphatic rings. The number of hydrogen-bond donors (Lipinski definition) is 1. The van der Waals surface area contributed by atoms with Crippen molar-refractivity contribution in [2.24, 2.45) is 5.92 Å². The zero-order valence-corrected chi connectivity index (χ0v) is 12.6. The van der Waals surface area contributed by atoms with Crippen LogP contribution in [0.15, 0.2) is 24.3 Å². The largest absolute Gasteiger partial charge is 0.497 e. The molecule has 0 spiro atoms. The van der Waals surface area contributed by atoms with E-state index in [0.29, 0.717) is 0 Å². The SMILES string of the molecule is CCSCCC(CNC)Cc1ccc(OC)cc1. The van der Waals surface area contributed by atoms with Crippen LogP contribution in [-0.4, -0.2) is 32.2 Å². The Labute approximate surface area is 116 Å². The van der Waals surface area contributed by atoms with Crippen LogP contribution < -0.4 is 10.1 Å². The van der Waals surface area contributed by atoms with Gasteiger partial charge in [-0.15, -0.1) is 0 Å². The summed E-state index contributed by atoms with van der Waals surface area (Å²) in [7, 11) is 3.74. The normalized spacial score (nSPS) is 12.4. The monoisotopic (exact) mass is 267 g/mol. The summed E-state index contributed by atoms with van der Waals surface area (Å²) in [4.78, 5) is 0. The van der Waals surface area contributed by atoms with E-state index in [1.54, 1.807) is 7.11 Å². The van der Waals surface area contributed by atoms with Crippen molar-refractivity contribution in [1.29, 1.82) is 0 Å². The van der Waals surface area contributed by atoms with E-state index in [1.165, 1.54) is 23.5 Å². The Balaban J connectivity index is 2.47. The highest BCUT2D eigenvalue weighted by atomic mass is 32.2. The van der Waals surface area contributed by atoms with E-state index in [4.69, 9.17) is 4.74 Å². The van der Waals surface area contributed by atoms with Crippen molar-refractivity contribution >= 4 is 11.8 Å². The van der Waals surface area contributed by atoms with E-state index >= 15 is 0 Å². The maximum absolute atomic E-state index is 5.19. The van der Waals surface area contributed by atoms with Crippen molar-refractivity contribution in [3.8, 4) is 5.75 Å². The number of hydrogen-bond acceptors (Lipinski definition) is 3. The Hall–Kier alpha value is -0.670. The minimum atomic E-state index is 0.724. The summed E-state index contributed by atoms with van der Waals surface area (Å²) in [6.07, 6.45) is 2.43. The van der Waals surface area contributed by atoms with Gasteiger partial charge in [-0.1, -0.05) is 19.1 Å². The van der Waals surface area contributed by atoms with Crippen LogP contribution in [-0.2, 0) is 6.42 Å². The third kappa shape index (κ3) is 5.78. The first kappa shape index (κ1) is 15.4. The topological polar surface area (TPSA) is 21.3 Å². The molecule has 18 heavy (non-hydrogen) atoms. The summed E-state index contributed by atoms with van der Waals surface area (Å²) >= 11 is 2.03. The quantitative estimate of drug-likeness (QED) is 0.694. The van der Waals surface area contributed by atoms with Gasteiger partial charge in [-0.05, 0) is 61.6 Å². The fourth-order valence-electron chi connectivity index (χ4n) is 2.05. The van der Waals surface area contributed by atoms with Crippen molar-refractivity contribution in [2.75, 3.05) is 32.2 Å². The summed E-state index contributed by atoms with van der Waals surface area (Å²) in [5, 5.41) is 3.30. The van der Waals surface area contributed by atoms with Crippen molar-refractivity contribution in [3.63, 3.8) is 0 Å². The summed E-state index contributed by atoms with van der Waals surface area (Å²) in [5.41, 5.74) is 1.40. The predicted octanol–water partition coefficient (Wildman–Crippen LogP) is 3.22. The van der Waals surface area contributed by atoms with Crippen LogP contribution in [0.25, 0.3) is 0 Å². The predicted molar refractivity (Wildman–Crippen MR) is 81.7 cm³/mol. The second-order valence-corrected chi connectivity index (χ2v) is 5.86. The lowest BCUT2D eigenvalue weighted by molar-refractivity contribution is 0.414. The van der Waals surface area contributed by atoms with E-state index in [1.807, 2.05) is 30.9 Å². The van der Waals surface area contributed by atoms with Crippen LogP contribution in [0, 0.1) is 5.92 Å². The van der Waals surface area contributed by atoms with Gasteiger partial charge in [-0.3, -0.25) is 0 Å². The molecule has 0 aliphatic carbocycles. The molecule has 0 radical (unpaired) electrons. The molecule has 1 atom stereocenters. The molecule has 0 fully saturated rings. The van der Waals surface area contributed by atoms with Gasteiger partial charge >= 0.3 is 0 Å². The van der Waals surface area contributed by atoms with E-state index in [2.05, 4.69) is 24.4 Å². The molecule has 0 saturated heterocycles. The van der Waals surface area contributed by atoms with Gasteiger partial charge in [0, 0.05) is 0 Å².